The Morgan fingerprint density at radius 2 is 2.22 bits per heavy atom. The van der Waals surface area contributed by atoms with Crippen molar-refractivity contribution in [1.82, 2.24) is 20.5 Å². The van der Waals surface area contributed by atoms with Crippen LogP contribution in [-0.2, 0) is 11.2 Å². The van der Waals surface area contributed by atoms with Crippen LogP contribution in [0.2, 0.25) is 0 Å². The van der Waals surface area contributed by atoms with Crippen LogP contribution >= 0.6 is 23.1 Å². The summed E-state index contributed by atoms with van der Waals surface area (Å²) in [5.41, 5.74) is 0.933. The van der Waals surface area contributed by atoms with E-state index in [-0.39, 0.29) is 5.91 Å². The van der Waals surface area contributed by atoms with Crippen LogP contribution in [0, 0.1) is 6.92 Å². The van der Waals surface area contributed by atoms with Gasteiger partial charge in [-0.15, -0.1) is 21.5 Å². The quantitative estimate of drug-likeness (QED) is 0.805. The molecule has 1 N–H and O–H groups in total. The SMILES string of the molecule is Cc1nc(Cc2nnc(SCC(=O)NC3CCCCC3)o2)cs1. The summed E-state index contributed by atoms with van der Waals surface area (Å²) in [4.78, 5) is 16.3. The molecule has 0 unspecified atom stereocenters. The summed E-state index contributed by atoms with van der Waals surface area (Å²) < 4.78 is 5.56. The van der Waals surface area contributed by atoms with E-state index in [0.29, 0.717) is 29.3 Å². The van der Waals surface area contributed by atoms with Crippen LogP contribution in [0.3, 0.4) is 0 Å². The second kappa shape index (κ2) is 7.92. The number of amides is 1. The Hall–Kier alpha value is -1.41. The maximum atomic E-state index is 12.0. The Morgan fingerprint density at radius 1 is 1.39 bits per heavy atom. The van der Waals surface area contributed by atoms with Gasteiger partial charge in [0, 0.05) is 11.4 Å². The molecule has 1 aliphatic carbocycles. The molecule has 0 atom stereocenters. The van der Waals surface area contributed by atoms with Gasteiger partial charge in [-0.25, -0.2) is 4.98 Å². The highest BCUT2D eigenvalue weighted by atomic mass is 32.2. The van der Waals surface area contributed by atoms with Crippen molar-refractivity contribution in [1.29, 1.82) is 0 Å². The highest BCUT2D eigenvalue weighted by molar-refractivity contribution is 7.99. The molecule has 2 heterocycles. The van der Waals surface area contributed by atoms with Gasteiger partial charge in [-0.3, -0.25) is 4.79 Å². The highest BCUT2D eigenvalue weighted by Crippen LogP contribution is 2.20. The topological polar surface area (TPSA) is 80.9 Å². The molecule has 1 saturated carbocycles. The molecule has 0 saturated heterocycles. The van der Waals surface area contributed by atoms with Gasteiger partial charge in [-0.2, -0.15) is 0 Å². The number of thiazole rings is 1. The molecule has 124 valence electrons. The number of aryl methyl sites for hydroxylation is 1. The third kappa shape index (κ3) is 5.04. The van der Waals surface area contributed by atoms with Gasteiger partial charge < -0.3 is 9.73 Å². The highest BCUT2D eigenvalue weighted by Gasteiger charge is 2.17. The average molecular weight is 352 g/mol. The van der Waals surface area contributed by atoms with Crippen LogP contribution in [0.15, 0.2) is 15.0 Å². The lowest BCUT2D eigenvalue weighted by Gasteiger charge is -2.22. The smallest absolute Gasteiger partial charge is 0.277 e. The number of thioether (sulfide) groups is 1. The molecule has 8 heteroatoms. The van der Waals surface area contributed by atoms with Crippen LogP contribution in [0.25, 0.3) is 0 Å². The lowest BCUT2D eigenvalue weighted by atomic mass is 9.95. The van der Waals surface area contributed by atoms with Crippen molar-refractivity contribution < 1.29 is 9.21 Å². The maximum absolute atomic E-state index is 12.0. The van der Waals surface area contributed by atoms with Crippen LogP contribution in [0.5, 0.6) is 0 Å². The fourth-order valence-electron chi connectivity index (χ4n) is 2.66. The summed E-state index contributed by atoms with van der Waals surface area (Å²) in [6, 6.07) is 0.336. The molecule has 23 heavy (non-hydrogen) atoms. The third-order valence-electron chi connectivity index (χ3n) is 3.74. The zero-order valence-corrected chi connectivity index (χ0v) is 14.7. The van der Waals surface area contributed by atoms with Crippen molar-refractivity contribution in [3.05, 3.63) is 22.0 Å². The molecular weight excluding hydrogens is 332 g/mol. The summed E-state index contributed by atoms with van der Waals surface area (Å²) in [6.07, 6.45) is 6.42. The standard InChI is InChI=1S/C15H20N4O2S2/c1-10-16-12(8-22-10)7-14-18-19-15(21-14)23-9-13(20)17-11-5-3-2-4-6-11/h8,11H,2-7,9H2,1H3,(H,17,20). The fourth-order valence-corrected chi connectivity index (χ4v) is 3.86. The van der Waals surface area contributed by atoms with E-state index in [1.807, 2.05) is 12.3 Å². The Labute approximate surface area is 143 Å². The van der Waals surface area contributed by atoms with Crippen LogP contribution in [-0.4, -0.2) is 32.9 Å². The molecule has 1 fully saturated rings. The maximum Gasteiger partial charge on any atom is 0.277 e. The van der Waals surface area contributed by atoms with E-state index in [4.69, 9.17) is 4.42 Å². The van der Waals surface area contributed by atoms with E-state index < -0.39 is 0 Å². The zero-order valence-electron chi connectivity index (χ0n) is 13.1. The van der Waals surface area contributed by atoms with Gasteiger partial charge in [0.25, 0.3) is 5.22 Å². The van der Waals surface area contributed by atoms with E-state index in [2.05, 4.69) is 20.5 Å². The van der Waals surface area contributed by atoms with Crippen molar-refractivity contribution in [3.8, 4) is 0 Å². The van der Waals surface area contributed by atoms with Gasteiger partial charge in [0.15, 0.2) is 0 Å². The van der Waals surface area contributed by atoms with Gasteiger partial charge in [0.1, 0.15) is 0 Å². The molecule has 3 rings (SSSR count). The second-order valence-corrected chi connectivity index (χ2v) is 7.68. The Morgan fingerprint density at radius 3 is 2.96 bits per heavy atom. The summed E-state index contributed by atoms with van der Waals surface area (Å²) in [6.45, 7) is 1.97. The van der Waals surface area contributed by atoms with Crippen LogP contribution in [0.4, 0.5) is 0 Å². The predicted molar refractivity (Wildman–Crippen MR) is 89.7 cm³/mol. The molecule has 2 aromatic heterocycles. The number of rotatable bonds is 6. The van der Waals surface area contributed by atoms with Gasteiger partial charge in [-0.05, 0) is 19.8 Å². The lowest BCUT2D eigenvalue weighted by molar-refractivity contribution is -0.119. The summed E-state index contributed by atoms with van der Waals surface area (Å²) in [7, 11) is 0. The number of carbonyl (C=O) groups is 1. The minimum Gasteiger partial charge on any atom is -0.416 e. The first kappa shape index (κ1) is 16.4. The molecule has 0 aromatic carbocycles. The molecule has 1 amide bonds. The van der Waals surface area contributed by atoms with Gasteiger partial charge in [0.2, 0.25) is 11.8 Å². The zero-order chi connectivity index (χ0) is 16.1. The molecule has 0 radical (unpaired) electrons. The van der Waals surface area contributed by atoms with E-state index >= 15 is 0 Å². The average Bonchev–Trinajstić information content (AvgIpc) is 3.16. The summed E-state index contributed by atoms with van der Waals surface area (Å²) in [5, 5.41) is 14.5. The Kier molecular flexibility index (Phi) is 5.66. The van der Waals surface area contributed by atoms with E-state index in [9.17, 15) is 4.79 Å². The second-order valence-electron chi connectivity index (χ2n) is 5.69. The van der Waals surface area contributed by atoms with Crippen LogP contribution < -0.4 is 5.32 Å². The van der Waals surface area contributed by atoms with Crippen LogP contribution in [0.1, 0.15) is 48.7 Å². The number of nitrogens with one attached hydrogen (secondary N) is 1. The number of hydrogen-bond donors (Lipinski definition) is 1. The molecular formula is C15H20N4O2S2. The lowest BCUT2D eigenvalue weighted by Crippen LogP contribution is -2.37. The minimum atomic E-state index is 0.0387. The van der Waals surface area contributed by atoms with Crippen molar-refractivity contribution in [2.45, 2.75) is 56.7 Å². The van der Waals surface area contributed by atoms with Gasteiger partial charge >= 0.3 is 0 Å². The molecule has 2 aromatic rings. The van der Waals surface area contributed by atoms with E-state index in [1.165, 1.54) is 31.0 Å². The first-order valence-corrected chi connectivity index (χ1v) is 9.71. The molecule has 0 bridgehead atoms. The third-order valence-corrected chi connectivity index (χ3v) is 5.39. The molecule has 6 nitrogen and oxygen atoms in total. The Bertz CT molecular complexity index is 649. The minimum absolute atomic E-state index is 0.0387. The van der Waals surface area contributed by atoms with E-state index in [1.54, 1.807) is 11.3 Å². The number of hydrogen-bond acceptors (Lipinski definition) is 7. The van der Waals surface area contributed by atoms with Crippen molar-refractivity contribution in [3.63, 3.8) is 0 Å². The summed E-state index contributed by atoms with van der Waals surface area (Å²) >= 11 is 2.89. The fraction of sp³-hybridized carbons (Fsp3) is 0.600. The first-order valence-electron chi connectivity index (χ1n) is 7.84. The van der Waals surface area contributed by atoms with Crippen molar-refractivity contribution >= 4 is 29.0 Å². The largest absolute Gasteiger partial charge is 0.416 e. The molecule has 0 spiro atoms. The predicted octanol–water partition coefficient (Wildman–Crippen LogP) is 2.97. The number of aromatic nitrogens is 3. The number of carbonyl (C=O) groups excluding carboxylic acids is 1. The summed E-state index contributed by atoms with van der Waals surface area (Å²) in [5.74, 6) is 0.885. The normalized spacial score (nSPS) is 15.7. The van der Waals surface area contributed by atoms with E-state index in [0.717, 1.165) is 23.5 Å². The Balaban J connectivity index is 1.44. The first-order chi connectivity index (χ1) is 11.2. The van der Waals surface area contributed by atoms with Crippen molar-refractivity contribution in [2.24, 2.45) is 0 Å². The van der Waals surface area contributed by atoms with Gasteiger partial charge in [-0.1, -0.05) is 31.0 Å². The van der Waals surface area contributed by atoms with Gasteiger partial charge in [0.05, 0.1) is 22.9 Å². The monoisotopic (exact) mass is 352 g/mol. The molecule has 0 aliphatic heterocycles. The number of nitrogens with zero attached hydrogens (tertiary/aromatic N) is 3. The molecule has 1 aliphatic rings. The van der Waals surface area contributed by atoms with Crippen molar-refractivity contribution in [2.75, 3.05) is 5.75 Å².